The molecule has 0 fully saturated rings. The van der Waals surface area contributed by atoms with Crippen LogP contribution in [0.4, 0.5) is 0 Å². The number of halogens is 1. The Bertz CT molecular complexity index is 380. The monoisotopic (exact) mass is 271 g/mol. The molecule has 0 aromatic heterocycles. The van der Waals surface area contributed by atoms with Crippen LogP contribution in [-0.2, 0) is 4.79 Å². The van der Waals surface area contributed by atoms with Gasteiger partial charge in [0.15, 0.2) is 0 Å². The van der Waals surface area contributed by atoms with Gasteiger partial charge in [0.2, 0.25) is 5.91 Å². The Labute approximate surface area is 112 Å². The lowest BCUT2D eigenvalue weighted by Crippen LogP contribution is -2.37. The van der Waals surface area contributed by atoms with Gasteiger partial charge in [-0.15, -0.1) is 0 Å². The molecule has 0 bridgehead atoms. The summed E-state index contributed by atoms with van der Waals surface area (Å²) >= 11 is 5.81. The molecule has 18 heavy (non-hydrogen) atoms. The third-order valence-electron chi connectivity index (χ3n) is 2.47. The Morgan fingerprint density at radius 2 is 2.33 bits per heavy atom. The van der Waals surface area contributed by atoms with Gasteiger partial charge in [-0.25, -0.2) is 0 Å². The van der Waals surface area contributed by atoms with Crippen LogP contribution in [0.2, 0.25) is 5.02 Å². The Morgan fingerprint density at radius 1 is 1.56 bits per heavy atom. The van der Waals surface area contributed by atoms with Crippen molar-refractivity contribution < 1.29 is 14.6 Å². The van der Waals surface area contributed by atoms with E-state index < -0.39 is 0 Å². The van der Waals surface area contributed by atoms with E-state index in [1.807, 2.05) is 6.92 Å². The number of amides is 1. The summed E-state index contributed by atoms with van der Waals surface area (Å²) in [6, 6.07) is 6.85. The number of carbonyl (C=O) groups is 1. The second-order valence-electron chi connectivity index (χ2n) is 3.91. The van der Waals surface area contributed by atoms with Gasteiger partial charge in [-0.3, -0.25) is 4.79 Å². The van der Waals surface area contributed by atoms with E-state index in [9.17, 15) is 4.79 Å². The van der Waals surface area contributed by atoms with Crippen molar-refractivity contribution in [2.24, 2.45) is 0 Å². The molecule has 1 rings (SSSR count). The van der Waals surface area contributed by atoms with Gasteiger partial charge in [-0.05, 0) is 24.6 Å². The van der Waals surface area contributed by atoms with Gasteiger partial charge < -0.3 is 15.2 Å². The average molecular weight is 272 g/mol. The minimum atomic E-state index is -0.177. The lowest BCUT2D eigenvalue weighted by molar-refractivity contribution is -0.122. The summed E-state index contributed by atoms with van der Waals surface area (Å²) in [6.45, 7) is 2.15. The van der Waals surface area contributed by atoms with Crippen LogP contribution in [0.25, 0.3) is 0 Å². The first-order chi connectivity index (χ1) is 8.65. The zero-order chi connectivity index (χ0) is 13.4. The van der Waals surface area contributed by atoms with Crippen molar-refractivity contribution in [3.63, 3.8) is 0 Å². The number of ether oxygens (including phenoxy) is 1. The van der Waals surface area contributed by atoms with Crippen LogP contribution in [0.1, 0.15) is 19.8 Å². The molecule has 4 nitrogen and oxygen atoms in total. The average Bonchev–Trinajstić information content (AvgIpc) is 2.36. The number of hydrogen-bond donors (Lipinski definition) is 2. The molecule has 0 heterocycles. The molecule has 0 aliphatic rings. The fraction of sp³-hybridized carbons (Fsp3) is 0.462. The van der Waals surface area contributed by atoms with E-state index in [1.165, 1.54) is 0 Å². The molecule has 0 unspecified atom stereocenters. The first-order valence-corrected chi connectivity index (χ1v) is 6.32. The zero-order valence-corrected chi connectivity index (χ0v) is 11.1. The molecule has 5 heteroatoms. The van der Waals surface area contributed by atoms with Crippen LogP contribution in [-0.4, -0.2) is 30.3 Å². The summed E-state index contributed by atoms with van der Waals surface area (Å²) in [5, 5.41) is 12.3. The first-order valence-electron chi connectivity index (χ1n) is 5.94. The Morgan fingerprint density at radius 3 is 2.94 bits per heavy atom. The van der Waals surface area contributed by atoms with Gasteiger partial charge in [0.25, 0.3) is 0 Å². The van der Waals surface area contributed by atoms with Crippen LogP contribution in [0, 0.1) is 0 Å². The van der Waals surface area contributed by atoms with Crippen molar-refractivity contribution in [1.82, 2.24) is 5.32 Å². The number of aliphatic hydroxyl groups is 1. The normalized spacial score (nSPS) is 11.9. The minimum absolute atomic E-state index is 0.0443. The van der Waals surface area contributed by atoms with Crippen LogP contribution in [0.5, 0.6) is 5.75 Å². The highest BCUT2D eigenvalue weighted by Crippen LogP contribution is 2.17. The van der Waals surface area contributed by atoms with Crippen molar-refractivity contribution in [3.05, 3.63) is 29.3 Å². The predicted molar refractivity (Wildman–Crippen MR) is 70.9 cm³/mol. The van der Waals surface area contributed by atoms with E-state index >= 15 is 0 Å². The molecule has 0 aliphatic carbocycles. The largest absolute Gasteiger partial charge is 0.493 e. The Kier molecular flexibility index (Phi) is 6.54. The molecule has 1 amide bonds. The Balaban J connectivity index is 2.27. The molecule has 1 aromatic rings. The van der Waals surface area contributed by atoms with E-state index in [2.05, 4.69) is 5.32 Å². The molecule has 2 N–H and O–H groups in total. The SMILES string of the molecule is CC[C@H](CO)NC(=O)CCOc1cccc(Cl)c1. The number of nitrogens with one attached hydrogen (secondary N) is 1. The molecule has 0 spiro atoms. The highest BCUT2D eigenvalue weighted by atomic mass is 35.5. The highest BCUT2D eigenvalue weighted by molar-refractivity contribution is 6.30. The van der Waals surface area contributed by atoms with Crippen LogP contribution >= 0.6 is 11.6 Å². The summed E-state index contributed by atoms with van der Waals surface area (Å²) in [7, 11) is 0. The van der Waals surface area contributed by atoms with Crippen molar-refractivity contribution >= 4 is 17.5 Å². The zero-order valence-electron chi connectivity index (χ0n) is 10.4. The molecule has 0 saturated carbocycles. The first kappa shape index (κ1) is 14.8. The molecule has 1 atom stereocenters. The van der Waals surface area contributed by atoms with E-state index in [0.29, 0.717) is 17.2 Å². The van der Waals surface area contributed by atoms with E-state index in [-0.39, 0.29) is 31.6 Å². The minimum Gasteiger partial charge on any atom is -0.493 e. The van der Waals surface area contributed by atoms with Crippen LogP contribution in [0.15, 0.2) is 24.3 Å². The van der Waals surface area contributed by atoms with Crippen molar-refractivity contribution in [2.75, 3.05) is 13.2 Å². The summed E-state index contributed by atoms with van der Waals surface area (Å²) in [5.41, 5.74) is 0. The lowest BCUT2D eigenvalue weighted by Gasteiger charge is -2.14. The van der Waals surface area contributed by atoms with Crippen molar-refractivity contribution in [1.29, 1.82) is 0 Å². The highest BCUT2D eigenvalue weighted by Gasteiger charge is 2.08. The summed E-state index contributed by atoms with van der Waals surface area (Å²) in [4.78, 5) is 11.5. The fourth-order valence-corrected chi connectivity index (χ4v) is 1.58. The van der Waals surface area contributed by atoms with Gasteiger partial charge >= 0.3 is 0 Å². The molecule has 100 valence electrons. The number of hydrogen-bond acceptors (Lipinski definition) is 3. The van der Waals surface area contributed by atoms with Gasteiger partial charge in [0, 0.05) is 5.02 Å². The number of carbonyl (C=O) groups excluding carboxylic acids is 1. The maximum Gasteiger partial charge on any atom is 0.223 e. The molecule has 0 radical (unpaired) electrons. The molecule has 1 aromatic carbocycles. The maximum absolute atomic E-state index is 11.5. The third-order valence-corrected chi connectivity index (χ3v) is 2.71. The smallest absolute Gasteiger partial charge is 0.223 e. The number of rotatable bonds is 7. The second-order valence-corrected chi connectivity index (χ2v) is 4.35. The standard InChI is InChI=1S/C13H18ClNO3/c1-2-11(9-16)15-13(17)6-7-18-12-5-3-4-10(14)8-12/h3-5,8,11,16H,2,6-7,9H2,1H3,(H,15,17)/t11-/m1/s1. The van der Waals surface area contributed by atoms with Crippen LogP contribution in [0.3, 0.4) is 0 Å². The summed E-state index contributed by atoms with van der Waals surface area (Å²) in [6.07, 6.45) is 0.959. The molecular weight excluding hydrogens is 254 g/mol. The fourth-order valence-electron chi connectivity index (χ4n) is 1.40. The van der Waals surface area contributed by atoms with Gasteiger partial charge in [-0.1, -0.05) is 24.6 Å². The summed E-state index contributed by atoms with van der Waals surface area (Å²) < 4.78 is 5.40. The van der Waals surface area contributed by atoms with Gasteiger partial charge in [0.1, 0.15) is 5.75 Å². The van der Waals surface area contributed by atoms with Crippen molar-refractivity contribution in [2.45, 2.75) is 25.8 Å². The second kappa shape index (κ2) is 7.95. The van der Waals surface area contributed by atoms with E-state index in [1.54, 1.807) is 24.3 Å². The summed E-state index contributed by atoms with van der Waals surface area (Å²) in [5.74, 6) is 0.516. The third kappa shape index (κ3) is 5.38. The van der Waals surface area contributed by atoms with Crippen LogP contribution < -0.4 is 10.1 Å². The van der Waals surface area contributed by atoms with Crippen molar-refractivity contribution in [3.8, 4) is 5.75 Å². The quantitative estimate of drug-likeness (QED) is 0.797. The lowest BCUT2D eigenvalue weighted by atomic mass is 10.2. The predicted octanol–water partition coefficient (Wildman–Crippen LogP) is 2.00. The van der Waals surface area contributed by atoms with Gasteiger partial charge in [0.05, 0.1) is 25.7 Å². The van der Waals surface area contributed by atoms with Gasteiger partial charge in [-0.2, -0.15) is 0 Å². The number of aliphatic hydroxyl groups excluding tert-OH is 1. The molecule has 0 saturated heterocycles. The topological polar surface area (TPSA) is 58.6 Å². The van der Waals surface area contributed by atoms with E-state index in [0.717, 1.165) is 0 Å². The maximum atomic E-state index is 11.5. The van der Waals surface area contributed by atoms with E-state index in [4.69, 9.17) is 21.4 Å². The number of benzene rings is 1. The molecule has 0 aliphatic heterocycles. The molecular formula is C13H18ClNO3. The Hall–Kier alpha value is -1.26.